The Morgan fingerprint density at radius 1 is 1.13 bits per heavy atom. The summed E-state index contributed by atoms with van der Waals surface area (Å²) in [7, 11) is 2.22. The molecule has 0 bridgehead atoms. The van der Waals surface area contributed by atoms with E-state index < -0.39 is 0 Å². The smallest absolute Gasteiger partial charge is 0.123 e. The van der Waals surface area contributed by atoms with Crippen LogP contribution < -0.4 is 10.6 Å². The largest absolute Gasteiger partial charge is 0.404 e. The number of carbonyl (C=O) groups excluding carboxylic acids is 1. The van der Waals surface area contributed by atoms with Crippen LogP contribution in [0.3, 0.4) is 0 Å². The zero-order valence-corrected chi connectivity index (χ0v) is 18.5. The highest BCUT2D eigenvalue weighted by atomic mass is 16.1. The van der Waals surface area contributed by atoms with Crippen molar-refractivity contribution in [2.45, 2.75) is 51.4 Å². The molecule has 2 heterocycles. The predicted molar refractivity (Wildman–Crippen MR) is 126 cm³/mol. The molecule has 0 amide bonds. The van der Waals surface area contributed by atoms with E-state index in [4.69, 9.17) is 11.1 Å². The first-order valence-corrected chi connectivity index (χ1v) is 11.6. The average molecular weight is 411 g/mol. The SMILES string of the molecule is CN1CCC(CN2CCc3cc(/C(C=N)=C/N)ccc32)CC1.O=CC1CCCCC1. The van der Waals surface area contributed by atoms with E-state index in [1.165, 1.54) is 75.4 Å². The number of fused-ring (bicyclic) bond motifs is 1. The van der Waals surface area contributed by atoms with Crippen LogP contribution in [0, 0.1) is 17.2 Å². The van der Waals surface area contributed by atoms with Gasteiger partial charge in [0.25, 0.3) is 0 Å². The minimum absolute atomic E-state index is 0.406. The van der Waals surface area contributed by atoms with Crippen molar-refractivity contribution in [2.75, 3.05) is 38.1 Å². The summed E-state index contributed by atoms with van der Waals surface area (Å²) in [6.45, 7) is 4.77. The molecule has 1 saturated carbocycles. The Hall–Kier alpha value is -2.14. The molecule has 1 aromatic carbocycles. The quantitative estimate of drug-likeness (QED) is 0.566. The molecule has 164 valence electrons. The number of nitrogens with zero attached hydrogens (tertiary/aromatic N) is 2. The van der Waals surface area contributed by atoms with Crippen molar-refractivity contribution in [2.24, 2.45) is 17.6 Å². The van der Waals surface area contributed by atoms with E-state index in [1.54, 1.807) is 0 Å². The number of anilines is 1. The number of nitrogens with two attached hydrogens (primary N) is 1. The van der Waals surface area contributed by atoms with Gasteiger partial charge in [0, 0.05) is 42.7 Å². The summed E-state index contributed by atoms with van der Waals surface area (Å²) in [6.07, 6.45) is 13.8. The van der Waals surface area contributed by atoms with E-state index in [0.29, 0.717) is 5.92 Å². The van der Waals surface area contributed by atoms with Crippen LogP contribution >= 0.6 is 0 Å². The van der Waals surface area contributed by atoms with Gasteiger partial charge in [-0.25, -0.2) is 0 Å². The minimum atomic E-state index is 0.406. The van der Waals surface area contributed by atoms with E-state index in [-0.39, 0.29) is 0 Å². The van der Waals surface area contributed by atoms with Gasteiger partial charge in [-0.3, -0.25) is 0 Å². The lowest BCUT2D eigenvalue weighted by molar-refractivity contribution is -0.111. The first-order chi connectivity index (χ1) is 14.6. The number of nitrogens with one attached hydrogen (secondary N) is 1. The Balaban J connectivity index is 0.000000269. The number of carbonyl (C=O) groups is 1. The third-order valence-electron chi connectivity index (χ3n) is 6.90. The highest BCUT2D eigenvalue weighted by Gasteiger charge is 2.24. The topological polar surface area (TPSA) is 73.4 Å². The number of likely N-dealkylation sites (tertiary alicyclic amines) is 1. The maximum atomic E-state index is 10.2. The molecule has 3 N–H and O–H groups in total. The van der Waals surface area contributed by atoms with Crippen molar-refractivity contribution in [3.63, 3.8) is 0 Å². The molecule has 0 radical (unpaired) electrons. The molecule has 5 heteroatoms. The molecule has 0 atom stereocenters. The highest BCUT2D eigenvalue weighted by molar-refractivity contribution is 6.08. The summed E-state index contributed by atoms with van der Waals surface area (Å²) >= 11 is 0. The van der Waals surface area contributed by atoms with E-state index in [0.717, 1.165) is 49.1 Å². The van der Waals surface area contributed by atoms with Crippen LogP contribution in [0.1, 0.15) is 56.1 Å². The van der Waals surface area contributed by atoms with Gasteiger partial charge in [0.05, 0.1) is 0 Å². The number of rotatable bonds is 5. The van der Waals surface area contributed by atoms with Gasteiger partial charge < -0.3 is 25.7 Å². The number of allylic oxidation sites excluding steroid dienone is 1. The molecule has 0 unspecified atom stereocenters. The lowest BCUT2D eigenvalue weighted by Gasteiger charge is -2.32. The first kappa shape index (κ1) is 22.5. The van der Waals surface area contributed by atoms with Crippen molar-refractivity contribution in [3.8, 4) is 0 Å². The van der Waals surface area contributed by atoms with Crippen LogP contribution in [0.4, 0.5) is 5.69 Å². The van der Waals surface area contributed by atoms with Crippen molar-refractivity contribution in [1.29, 1.82) is 5.41 Å². The van der Waals surface area contributed by atoms with Crippen LogP contribution in [0.25, 0.3) is 5.57 Å². The zero-order chi connectivity index (χ0) is 21.3. The third-order valence-corrected chi connectivity index (χ3v) is 6.90. The fourth-order valence-corrected chi connectivity index (χ4v) is 4.89. The minimum Gasteiger partial charge on any atom is -0.404 e. The lowest BCUT2D eigenvalue weighted by Crippen LogP contribution is -2.36. The molecule has 1 aromatic rings. The van der Waals surface area contributed by atoms with Crippen LogP contribution in [0.2, 0.25) is 0 Å². The zero-order valence-electron chi connectivity index (χ0n) is 18.5. The second-order valence-corrected chi connectivity index (χ2v) is 9.09. The maximum Gasteiger partial charge on any atom is 0.123 e. The van der Waals surface area contributed by atoms with Crippen LogP contribution in [-0.4, -0.2) is 50.6 Å². The number of hydrogen-bond acceptors (Lipinski definition) is 5. The molecule has 1 aliphatic carbocycles. The lowest BCUT2D eigenvalue weighted by atomic mass is 9.91. The van der Waals surface area contributed by atoms with Crippen molar-refractivity contribution < 1.29 is 4.79 Å². The standard InChI is InChI=1S/C18H26N4.C7H12O/c1-21-7-4-14(5-8-21)13-22-9-6-16-10-15(2-3-18(16)22)17(11-19)12-20;8-6-7-4-2-1-3-5-7/h2-3,10-12,14,19H,4-9,13,20H2,1H3;6-7H,1-5H2/b17-12+,19-11?;. The van der Waals surface area contributed by atoms with E-state index >= 15 is 0 Å². The van der Waals surface area contributed by atoms with Crippen molar-refractivity contribution in [3.05, 3.63) is 35.5 Å². The van der Waals surface area contributed by atoms with Gasteiger partial charge >= 0.3 is 0 Å². The molecular weight excluding hydrogens is 372 g/mol. The molecule has 5 nitrogen and oxygen atoms in total. The Kier molecular flexibility index (Phi) is 8.50. The fraction of sp³-hybridized carbons (Fsp3) is 0.600. The third kappa shape index (κ3) is 5.94. The van der Waals surface area contributed by atoms with Gasteiger partial charge in [-0.1, -0.05) is 25.3 Å². The second kappa shape index (κ2) is 11.3. The molecule has 3 aliphatic rings. The maximum absolute atomic E-state index is 10.2. The van der Waals surface area contributed by atoms with E-state index in [1.807, 2.05) is 0 Å². The number of benzene rings is 1. The second-order valence-electron chi connectivity index (χ2n) is 9.09. The summed E-state index contributed by atoms with van der Waals surface area (Å²) < 4.78 is 0. The van der Waals surface area contributed by atoms with E-state index in [2.05, 4.69) is 35.0 Å². The monoisotopic (exact) mass is 410 g/mol. The van der Waals surface area contributed by atoms with Gasteiger partial charge in [0.1, 0.15) is 6.29 Å². The first-order valence-electron chi connectivity index (χ1n) is 11.6. The molecule has 0 aromatic heterocycles. The normalized spacial score (nSPS) is 21.0. The van der Waals surface area contributed by atoms with Gasteiger partial charge in [0.15, 0.2) is 0 Å². The number of hydrogen-bond donors (Lipinski definition) is 2. The Morgan fingerprint density at radius 3 is 2.47 bits per heavy atom. The average Bonchev–Trinajstić information content (AvgIpc) is 3.19. The summed E-state index contributed by atoms with van der Waals surface area (Å²) in [6, 6.07) is 6.50. The molecule has 2 fully saturated rings. The molecule has 30 heavy (non-hydrogen) atoms. The van der Waals surface area contributed by atoms with E-state index in [9.17, 15) is 4.79 Å². The van der Waals surface area contributed by atoms with Crippen LogP contribution in [0.5, 0.6) is 0 Å². The fourth-order valence-electron chi connectivity index (χ4n) is 4.89. The summed E-state index contributed by atoms with van der Waals surface area (Å²) in [5.74, 6) is 1.23. The van der Waals surface area contributed by atoms with Gasteiger partial charge in [0.2, 0.25) is 0 Å². The summed E-state index contributed by atoms with van der Waals surface area (Å²) in [4.78, 5) is 15.1. The summed E-state index contributed by atoms with van der Waals surface area (Å²) in [5, 5.41) is 7.43. The molecule has 4 rings (SSSR count). The van der Waals surface area contributed by atoms with Crippen LogP contribution in [-0.2, 0) is 11.2 Å². The Labute approximate surface area is 181 Å². The molecule has 2 aliphatic heterocycles. The van der Waals surface area contributed by atoms with Crippen molar-refractivity contribution >= 4 is 23.8 Å². The highest BCUT2D eigenvalue weighted by Crippen LogP contribution is 2.32. The van der Waals surface area contributed by atoms with Crippen molar-refractivity contribution in [1.82, 2.24) is 4.90 Å². The molecule has 0 spiro atoms. The molecule has 1 saturated heterocycles. The molecular formula is C25H38N4O. The predicted octanol–water partition coefficient (Wildman–Crippen LogP) is 4.11. The summed E-state index contributed by atoms with van der Waals surface area (Å²) in [5.41, 5.74) is 10.2. The Bertz CT molecular complexity index is 731. The number of aldehydes is 1. The Morgan fingerprint density at radius 2 is 1.87 bits per heavy atom. The van der Waals surface area contributed by atoms with Gasteiger partial charge in [-0.05, 0) is 81.4 Å². The van der Waals surface area contributed by atoms with Crippen LogP contribution in [0.15, 0.2) is 24.4 Å². The van der Waals surface area contributed by atoms with Gasteiger partial charge in [-0.2, -0.15) is 0 Å². The van der Waals surface area contributed by atoms with Gasteiger partial charge in [-0.15, -0.1) is 0 Å². The number of piperidine rings is 1.